The van der Waals surface area contributed by atoms with E-state index in [4.69, 9.17) is 4.52 Å². The number of carbonyl (C=O) groups is 1. The first-order valence-electron chi connectivity index (χ1n) is 10.5. The van der Waals surface area contributed by atoms with Crippen molar-refractivity contribution >= 4 is 27.3 Å². The van der Waals surface area contributed by atoms with E-state index in [0.717, 1.165) is 29.1 Å². The molecule has 0 radical (unpaired) electrons. The molecule has 0 aliphatic carbocycles. The molecule has 7 heteroatoms. The molecule has 158 valence electrons. The van der Waals surface area contributed by atoms with E-state index in [9.17, 15) is 4.79 Å². The van der Waals surface area contributed by atoms with Crippen molar-refractivity contribution in [3.8, 4) is 11.4 Å². The average molecular weight is 433 g/mol. The minimum atomic E-state index is 0.137. The van der Waals surface area contributed by atoms with Crippen molar-refractivity contribution in [2.24, 2.45) is 0 Å². The fraction of sp³-hybridized carbons (Fsp3) is 0.292. The zero-order valence-electron chi connectivity index (χ0n) is 17.7. The molecule has 0 N–H and O–H groups in total. The third-order valence-corrected chi connectivity index (χ3v) is 7.09. The molecule has 0 unspecified atom stereocenters. The number of benzene rings is 2. The number of rotatable bonds is 4. The van der Waals surface area contributed by atoms with Gasteiger partial charge in [0.25, 0.3) is 5.91 Å². The Labute approximate surface area is 185 Å². The molecule has 2 aromatic carbocycles. The number of aromatic nitrogens is 2. The van der Waals surface area contributed by atoms with Crippen LogP contribution in [0.4, 0.5) is 0 Å². The van der Waals surface area contributed by atoms with Crippen molar-refractivity contribution in [3.05, 3.63) is 70.4 Å². The number of nitrogens with zero attached hydrogens (tertiary/aromatic N) is 4. The van der Waals surface area contributed by atoms with Crippen LogP contribution in [0.3, 0.4) is 0 Å². The lowest BCUT2D eigenvalue weighted by Crippen LogP contribution is -2.48. The van der Waals surface area contributed by atoms with Gasteiger partial charge in [-0.05, 0) is 30.9 Å². The summed E-state index contributed by atoms with van der Waals surface area (Å²) in [4.78, 5) is 22.7. The van der Waals surface area contributed by atoms with Gasteiger partial charge in [-0.3, -0.25) is 9.69 Å². The molecule has 1 aliphatic rings. The van der Waals surface area contributed by atoms with E-state index in [2.05, 4.69) is 34.1 Å². The molecule has 6 nitrogen and oxygen atoms in total. The van der Waals surface area contributed by atoms with E-state index in [1.165, 1.54) is 15.6 Å². The quantitative estimate of drug-likeness (QED) is 0.474. The molecule has 4 aromatic rings. The summed E-state index contributed by atoms with van der Waals surface area (Å²) in [6.45, 7) is 7.68. The maximum absolute atomic E-state index is 13.1. The van der Waals surface area contributed by atoms with Gasteiger partial charge in [0.1, 0.15) is 0 Å². The van der Waals surface area contributed by atoms with E-state index < -0.39 is 0 Å². The molecule has 3 heterocycles. The summed E-state index contributed by atoms with van der Waals surface area (Å²) in [5, 5.41) is 5.30. The second kappa shape index (κ2) is 8.24. The second-order valence-corrected chi connectivity index (χ2v) is 9.05. The summed E-state index contributed by atoms with van der Waals surface area (Å²) in [6, 6.07) is 16.3. The third-order valence-electron chi connectivity index (χ3n) is 5.83. The lowest BCUT2D eigenvalue weighted by atomic mass is 10.1. The van der Waals surface area contributed by atoms with Gasteiger partial charge >= 0.3 is 0 Å². The van der Waals surface area contributed by atoms with Gasteiger partial charge < -0.3 is 9.42 Å². The summed E-state index contributed by atoms with van der Waals surface area (Å²) >= 11 is 1.59. The molecule has 2 aromatic heterocycles. The highest BCUT2D eigenvalue weighted by atomic mass is 32.1. The predicted octanol–water partition coefficient (Wildman–Crippen LogP) is 4.53. The van der Waals surface area contributed by atoms with Crippen LogP contribution in [0.15, 0.2) is 53.1 Å². The Morgan fingerprint density at radius 3 is 2.52 bits per heavy atom. The molecule has 5 rings (SSSR count). The molecular weight excluding hydrogens is 408 g/mol. The van der Waals surface area contributed by atoms with Crippen molar-refractivity contribution in [2.75, 3.05) is 26.2 Å². The summed E-state index contributed by atoms with van der Waals surface area (Å²) in [5.41, 5.74) is 3.24. The van der Waals surface area contributed by atoms with Crippen LogP contribution >= 0.6 is 11.3 Å². The molecule has 0 atom stereocenters. The van der Waals surface area contributed by atoms with Crippen LogP contribution in [0.1, 0.15) is 26.7 Å². The second-order valence-electron chi connectivity index (χ2n) is 8.00. The van der Waals surface area contributed by atoms with Crippen LogP contribution in [0.5, 0.6) is 0 Å². The highest BCUT2D eigenvalue weighted by Gasteiger charge is 2.26. The summed E-state index contributed by atoms with van der Waals surface area (Å²) in [6.07, 6.45) is 0. The first-order valence-corrected chi connectivity index (χ1v) is 11.3. The Morgan fingerprint density at radius 2 is 1.77 bits per heavy atom. The first-order chi connectivity index (χ1) is 15.1. The Kier molecular flexibility index (Phi) is 5.29. The number of hydrogen-bond acceptors (Lipinski definition) is 6. The van der Waals surface area contributed by atoms with Crippen LogP contribution in [0.2, 0.25) is 0 Å². The van der Waals surface area contributed by atoms with Crippen molar-refractivity contribution in [2.45, 2.75) is 20.4 Å². The Balaban J connectivity index is 1.21. The number of amides is 1. The number of aryl methyl sites for hydroxylation is 2. The Hall–Kier alpha value is -3.03. The van der Waals surface area contributed by atoms with E-state index >= 15 is 0 Å². The molecule has 1 amide bonds. The standard InChI is InChI=1S/C24H24N4O2S/c1-16-7-9-18(10-8-16)23-25-21(30-26-23)15-27-11-13-28(14-12-27)24(29)22-17(2)19-5-3-4-6-20(19)31-22/h3-10H,11-15H2,1-2H3. The fourth-order valence-electron chi connectivity index (χ4n) is 3.96. The van der Waals surface area contributed by atoms with Gasteiger partial charge in [0, 0.05) is 36.4 Å². The van der Waals surface area contributed by atoms with Gasteiger partial charge in [0.2, 0.25) is 11.7 Å². The van der Waals surface area contributed by atoms with Crippen LogP contribution in [-0.4, -0.2) is 52.0 Å². The zero-order chi connectivity index (χ0) is 21.4. The van der Waals surface area contributed by atoms with Crippen molar-refractivity contribution in [1.29, 1.82) is 0 Å². The normalized spacial score (nSPS) is 15.0. The van der Waals surface area contributed by atoms with Gasteiger partial charge in [0.15, 0.2) is 0 Å². The van der Waals surface area contributed by atoms with E-state index in [1.54, 1.807) is 11.3 Å². The summed E-state index contributed by atoms with van der Waals surface area (Å²) in [7, 11) is 0. The van der Waals surface area contributed by atoms with E-state index in [0.29, 0.717) is 31.3 Å². The van der Waals surface area contributed by atoms with Gasteiger partial charge in [-0.15, -0.1) is 11.3 Å². The highest BCUT2D eigenvalue weighted by Crippen LogP contribution is 2.31. The molecule has 0 bridgehead atoms. The first kappa shape index (κ1) is 19.9. The summed E-state index contributed by atoms with van der Waals surface area (Å²) in [5.74, 6) is 1.36. The number of hydrogen-bond donors (Lipinski definition) is 0. The molecule has 1 fully saturated rings. The van der Waals surface area contributed by atoms with Crippen molar-refractivity contribution in [3.63, 3.8) is 0 Å². The zero-order valence-corrected chi connectivity index (χ0v) is 18.5. The Bertz CT molecular complexity index is 1220. The minimum absolute atomic E-state index is 0.137. The van der Waals surface area contributed by atoms with E-state index in [1.807, 2.05) is 48.2 Å². The maximum Gasteiger partial charge on any atom is 0.264 e. The van der Waals surface area contributed by atoms with Gasteiger partial charge in [-0.25, -0.2) is 0 Å². The van der Waals surface area contributed by atoms with Crippen LogP contribution in [0, 0.1) is 13.8 Å². The monoisotopic (exact) mass is 432 g/mol. The SMILES string of the molecule is Cc1ccc(-c2noc(CN3CCN(C(=O)c4sc5ccccc5c4C)CC3)n2)cc1. The average Bonchev–Trinajstić information content (AvgIpc) is 3.39. The summed E-state index contributed by atoms with van der Waals surface area (Å²) < 4.78 is 6.63. The lowest BCUT2D eigenvalue weighted by molar-refractivity contribution is 0.0619. The van der Waals surface area contributed by atoms with Crippen molar-refractivity contribution < 1.29 is 9.32 Å². The molecule has 1 aliphatic heterocycles. The highest BCUT2D eigenvalue weighted by molar-refractivity contribution is 7.21. The van der Waals surface area contributed by atoms with Gasteiger partial charge in [-0.1, -0.05) is 53.2 Å². The molecular formula is C24H24N4O2S. The molecule has 31 heavy (non-hydrogen) atoms. The number of piperazine rings is 1. The van der Waals surface area contributed by atoms with Crippen molar-refractivity contribution in [1.82, 2.24) is 19.9 Å². The lowest BCUT2D eigenvalue weighted by Gasteiger charge is -2.33. The van der Waals surface area contributed by atoms with E-state index in [-0.39, 0.29) is 5.91 Å². The topological polar surface area (TPSA) is 62.5 Å². The number of fused-ring (bicyclic) bond motifs is 1. The van der Waals surface area contributed by atoms with Crippen LogP contribution in [0.25, 0.3) is 21.5 Å². The minimum Gasteiger partial charge on any atom is -0.338 e. The largest absolute Gasteiger partial charge is 0.338 e. The van der Waals surface area contributed by atoms with Crippen LogP contribution < -0.4 is 0 Å². The molecule has 1 saturated heterocycles. The number of thiophene rings is 1. The number of carbonyl (C=O) groups excluding carboxylic acids is 1. The Morgan fingerprint density at radius 1 is 1.03 bits per heavy atom. The predicted molar refractivity (Wildman–Crippen MR) is 122 cm³/mol. The van der Waals surface area contributed by atoms with Gasteiger partial charge in [-0.2, -0.15) is 4.98 Å². The van der Waals surface area contributed by atoms with Crippen LogP contribution in [-0.2, 0) is 6.54 Å². The van der Waals surface area contributed by atoms with Gasteiger partial charge in [0.05, 0.1) is 11.4 Å². The third kappa shape index (κ3) is 3.98. The fourth-order valence-corrected chi connectivity index (χ4v) is 5.14. The molecule has 0 spiro atoms. The smallest absolute Gasteiger partial charge is 0.264 e. The maximum atomic E-state index is 13.1. The molecule has 0 saturated carbocycles.